The van der Waals surface area contributed by atoms with E-state index in [9.17, 15) is 14.0 Å². The van der Waals surface area contributed by atoms with E-state index in [4.69, 9.17) is 4.74 Å². The predicted molar refractivity (Wildman–Crippen MR) is 144 cm³/mol. The van der Waals surface area contributed by atoms with Crippen molar-refractivity contribution in [2.75, 3.05) is 41.4 Å². The van der Waals surface area contributed by atoms with E-state index >= 15 is 0 Å². The zero-order valence-corrected chi connectivity index (χ0v) is 21.5. The standard InChI is InChI=1S/C28H26FN7O3/c1-17-10-22(18-4-3-7-30-12-18)25(34(17)2)26(37)27(38)33-20-5-6-23-24(11-20)39-16-21-15-35(8-9-36(21)23)28-31-13-19(29)14-32-28/h3-7,10-14,21H,8-9,15-16H2,1-2H3,(H,33,38)/t21-/m1/s1. The lowest BCUT2D eigenvalue weighted by Crippen LogP contribution is -2.57. The van der Waals surface area contributed by atoms with Crippen LogP contribution in [0.5, 0.6) is 5.75 Å². The van der Waals surface area contributed by atoms with Gasteiger partial charge in [0.15, 0.2) is 5.82 Å². The van der Waals surface area contributed by atoms with Gasteiger partial charge in [0, 0.05) is 67.7 Å². The number of ketones is 1. The number of aryl methyl sites for hydroxylation is 1. The summed E-state index contributed by atoms with van der Waals surface area (Å²) in [5.41, 5.74) is 3.96. The van der Waals surface area contributed by atoms with Crippen molar-refractivity contribution in [1.82, 2.24) is 19.5 Å². The fourth-order valence-corrected chi connectivity index (χ4v) is 5.14. The number of carbonyl (C=O) groups excluding carboxylic acids is 2. The predicted octanol–water partition coefficient (Wildman–Crippen LogP) is 3.23. The first-order valence-corrected chi connectivity index (χ1v) is 12.6. The normalized spacial score (nSPS) is 16.2. The van der Waals surface area contributed by atoms with E-state index in [1.165, 1.54) is 12.4 Å². The van der Waals surface area contributed by atoms with Crippen LogP contribution in [-0.2, 0) is 11.8 Å². The monoisotopic (exact) mass is 527 g/mol. The number of Topliss-reactive ketones (excluding diaryl/α,β-unsaturated/α-hetero) is 1. The summed E-state index contributed by atoms with van der Waals surface area (Å²) < 4.78 is 21.0. The Kier molecular flexibility index (Phi) is 6.18. The van der Waals surface area contributed by atoms with Gasteiger partial charge in [0.05, 0.1) is 24.1 Å². The minimum atomic E-state index is -0.733. The van der Waals surface area contributed by atoms with E-state index in [1.807, 2.05) is 30.0 Å². The molecule has 1 amide bonds. The molecule has 1 saturated heterocycles. The maximum absolute atomic E-state index is 13.3. The van der Waals surface area contributed by atoms with Gasteiger partial charge in [0.2, 0.25) is 5.95 Å². The maximum Gasteiger partial charge on any atom is 0.298 e. The van der Waals surface area contributed by atoms with Gasteiger partial charge < -0.3 is 24.4 Å². The lowest BCUT2D eigenvalue weighted by molar-refractivity contribution is -0.112. The molecule has 198 valence electrons. The third-order valence-corrected chi connectivity index (χ3v) is 7.20. The number of piperazine rings is 1. The van der Waals surface area contributed by atoms with Crippen molar-refractivity contribution in [1.29, 1.82) is 0 Å². The van der Waals surface area contributed by atoms with Gasteiger partial charge in [-0.05, 0) is 31.2 Å². The number of ether oxygens (including phenoxy) is 1. The van der Waals surface area contributed by atoms with Gasteiger partial charge >= 0.3 is 0 Å². The van der Waals surface area contributed by atoms with E-state index < -0.39 is 17.5 Å². The molecule has 1 aromatic carbocycles. The van der Waals surface area contributed by atoms with Crippen LogP contribution < -0.4 is 19.9 Å². The molecule has 6 rings (SSSR count). The van der Waals surface area contributed by atoms with Gasteiger partial charge in [-0.1, -0.05) is 6.07 Å². The summed E-state index contributed by atoms with van der Waals surface area (Å²) in [7, 11) is 1.76. The molecular weight excluding hydrogens is 501 g/mol. The third kappa shape index (κ3) is 4.56. The lowest BCUT2D eigenvalue weighted by Gasteiger charge is -2.45. The molecule has 0 bridgehead atoms. The number of hydrogen-bond acceptors (Lipinski definition) is 8. The van der Waals surface area contributed by atoms with Gasteiger partial charge in [0.1, 0.15) is 18.1 Å². The number of nitrogens with one attached hydrogen (secondary N) is 1. The van der Waals surface area contributed by atoms with Crippen LogP contribution in [0.3, 0.4) is 0 Å². The average molecular weight is 528 g/mol. The van der Waals surface area contributed by atoms with Crippen LogP contribution >= 0.6 is 0 Å². The number of amides is 1. The summed E-state index contributed by atoms with van der Waals surface area (Å²) in [6.45, 7) is 4.32. The summed E-state index contributed by atoms with van der Waals surface area (Å²) in [6, 6.07) is 11.0. The first-order valence-electron chi connectivity index (χ1n) is 12.6. The van der Waals surface area contributed by atoms with Crippen LogP contribution in [0.4, 0.5) is 21.7 Å². The number of anilines is 3. The highest BCUT2D eigenvalue weighted by molar-refractivity contribution is 6.47. The van der Waals surface area contributed by atoms with Crippen LogP contribution in [0.1, 0.15) is 16.2 Å². The SMILES string of the molecule is Cc1cc(-c2cccnc2)c(C(=O)C(=O)Nc2ccc3c(c2)OC[C@H]2CN(c4ncc(F)cn4)CCN32)n1C. The molecule has 1 atom stereocenters. The van der Waals surface area contributed by atoms with Crippen LogP contribution in [0.2, 0.25) is 0 Å². The molecule has 5 heterocycles. The van der Waals surface area contributed by atoms with Crippen molar-refractivity contribution < 1.29 is 18.7 Å². The lowest BCUT2D eigenvalue weighted by atomic mass is 10.1. The van der Waals surface area contributed by atoms with Crippen LogP contribution in [0.25, 0.3) is 11.1 Å². The molecule has 4 aromatic rings. The Hall–Kier alpha value is -4.80. The second kappa shape index (κ2) is 9.82. The Balaban J connectivity index is 1.18. The highest BCUT2D eigenvalue weighted by atomic mass is 19.1. The van der Waals surface area contributed by atoms with Crippen LogP contribution in [0.15, 0.2) is 61.2 Å². The van der Waals surface area contributed by atoms with E-state index in [1.54, 1.807) is 42.2 Å². The highest BCUT2D eigenvalue weighted by Crippen LogP contribution is 2.38. The molecule has 0 unspecified atom stereocenters. The molecule has 10 nitrogen and oxygen atoms in total. The Bertz CT molecular complexity index is 1560. The van der Waals surface area contributed by atoms with Gasteiger partial charge in [-0.25, -0.2) is 14.4 Å². The summed E-state index contributed by atoms with van der Waals surface area (Å²) in [4.78, 5) is 43.0. The molecule has 2 aliphatic rings. The topological polar surface area (TPSA) is 105 Å². The summed E-state index contributed by atoms with van der Waals surface area (Å²) in [5.74, 6) is -0.715. The molecule has 0 saturated carbocycles. The zero-order chi connectivity index (χ0) is 27.1. The molecule has 2 aliphatic heterocycles. The fourth-order valence-electron chi connectivity index (χ4n) is 5.14. The number of hydrogen-bond donors (Lipinski definition) is 1. The highest BCUT2D eigenvalue weighted by Gasteiger charge is 2.34. The number of nitrogens with zero attached hydrogens (tertiary/aromatic N) is 6. The van der Waals surface area contributed by atoms with Gasteiger partial charge in [-0.15, -0.1) is 0 Å². The van der Waals surface area contributed by atoms with Crippen LogP contribution in [-0.4, -0.2) is 63.5 Å². The molecular formula is C28H26FN7O3. The molecule has 1 fully saturated rings. The second-order valence-electron chi connectivity index (χ2n) is 9.62. The van der Waals surface area contributed by atoms with Crippen LogP contribution in [0, 0.1) is 12.7 Å². The van der Waals surface area contributed by atoms with Crippen molar-refractivity contribution in [2.45, 2.75) is 13.0 Å². The molecule has 39 heavy (non-hydrogen) atoms. The van der Waals surface area contributed by atoms with Crippen molar-refractivity contribution in [2.24, 2.45) is 7.05 Å². The largest absolute Gasteiger partial charge is 0.489 e. The summed E-state index contributed by atoms with van der Waals surface area (Å²) in [6.07, 6.45) is 5.67. The number of rotatable bonds is 5. The summed E-state index contributed by atoms with van der Waals surface area (Å²) >= 11 is 0. The number of halogens is 1. The van der Waals surface area contributed by atoms with Gasteiger partial charge in [-0.2, -0.15) is 0 Å². The average Bonchev–Trinajstić information content (AvgIpc) is 3.26. The zero-order valence-electron chi connectivity index (χ0n) is 21.5. The van der Waals surface area contributed by atoms with Crippen molar-refractivity contribution >= 4 is 29.0 Å². The number of benzene rings is 1. The third-order valence-electron chi connectivity index (χ3n) is 7.20. The van der Waals surface area contributed by atoms with Gasteiger partial charge in [0.25, 0.3) is 11.7 Å². The minimum Gasteiger partial charge on any atom is -0.489 e. The molecule has 0 aliphatic carbocycles. The molecule has 1 N–H and O–H groups in total. The van der Waals surface area contributed by atoms with Crippen molar-refractivity contribution in [3.05, 3.63) is 78.4 Å². The molecule has 3 aromatic heterocycles. The van der Waals surface area contributed by atoms with E-state index in [2.05, 4.69) is 25.2 Å². The summed E-state index contributed by atoms with van der Waals surface area (Å²) in [5, 5.41) is 2.74. The number of aromatic nitrogens is 4. The Labute approximate surface area is 224 Å². The van der Waals surface area contributed by atoms with E-state index in [0.29, 0.717) is 54.9 Å². The second-order valence-corrected chi connectivity index (χ2v) is 9.62. The maximum atomic E-state index is 13.3. The smallest absolute Gasteiger partial charge is 0.298 e. The quantitative estimate of drug-likeness (QED) is 0.312. The van der Waals surface area contributed by atoms with Crippen molar-refractivity contribution in [3.8, 4) is 16.9 Å². The minimum absolute atomic E-state index is 0.0633. The Morgan fingerprint density at radius 3 is 2.69 bits per heavy atom. The number of carbonyl (C=O) groups is 2. The number of fused-ring (bicyclic) bond motifs is 3. The van der Waals surface area contributed by atoms with E-state index in [0.717, 1.165) is 16.9 Å². The molecule has 0 spiro atoms. The first kappa shape index (κ1) is 24.5. The van der Waals surface area contributed by atoms with Crippen molar-refractivity contribution in [3.63, 3.8) is 0 Å². The van der Waals surface area contributed by atoms with E-state index in [-0.39, 0.29) is 6.04 Å². The first-order chi connectivity index (χ1) is 18.9. The Morgan fingerprint density at radius 1 is 1.10 bits per heavy atom. The number of pyridine rings is 1. The molecule has 0 radical (unpaired) electrons. The van der Waals surface area contributed by atoms with Gasteiger partial charge in [-0.3, -0.25) is 14.6 Å². The Morgan fingerprint density at radius 2 is 1.92 bits per heavy atom. The fraction of sp³-hybridized carbons (Fsp3) is 0.250. The molecule has 11 heteroatoms.